The molecule has 1 amide bonds. The lowest BCUT2D eigenvalue weighted by atomic mass is 9.88. The first-order valence-corrected chi connectivity index (χ1v) is 10.3. The number of nitrogens with zero attached hydrogens (tertiary/aromatic N) is 4. The smallest absolute Gasteiger partial charge is 0.349 e. The number of nitrogens with one attached hydrogen (secondary N) is 2. The van der Waals surface area contributed by atoms with Crippen LogP contribution in [0.3, 0.4) is 0 Å². The standard InChI is InChI=1S/C23H23F3N6O/c1-13(22(2,3)4)30-21(33)16-9-27-20-19(16)31-17(10-28-20)18-11-32(12-29-18)15-7-5-6-14(8-15)23(24,25)26/h5-13H,1-4H3,(H,27,28)(H,30,33). The summed E-state index contributed by atoms with van der Waals surface area (Å²) in [5, 5.41) is 2.98. The SMILES string of the molecule is CC(NC(=O)c1c[nH]c2ncc(-c3cn(-c4cccc(C(F)(F)F)c4)cn3)nc12)C(C)(C)C. The molecular weight excluding hydrogens is 433 g/mol. The van der Waals surface area contributed by atoms with Crippen molar-refractivity contribution in [1.82, 2.24) is 29.8 Å². The van der Waals surface area contributed by atoms with Crippen molar-refractivity contribution in [1.29, 1.82) is 0 Å². The van der Waals surface area contributed by atoms with E-state index in [0.29, 0.717) is 33.8 Å². The third-order valence-corrected chi connectivity index (χ3v) is 5.59. The fraction of sp³-hybridized carbons (Fsp3) is 0.304. The van der Waals surface area contributed by atoms with Crippen LogP contribution in [0, 0.1) is 5.41 Å². The molecule has 0 radical (unpaired) electrons. The van der Waals surface area contributed by atoms with Crippen molar-refractivity contribution in [2.75, 3.05) is 0 Å². The number of imidazole rings is 1. The maximum atomic E-state index is 13.0. The highest BCUT2D eigenvalue weighted by Gasteiger charge is 2.30. The molecule has 0 saturated carbocycles. The summed E-state index contributed by atoms with van der Waals surface area (Å²) in [5.41, 5.74) is 1.45. The number of hydrogen-bond donors (Lipinski definition) is 2. The lowest BCUT2D eigenvalue weighted by molar-refractivity contribution is -0.137. The second-order valence-corrected chi connectivity index (χ2v) is 8.93. The summed E-state index contributed by atoms with van der Waals surface area (Å²) in [4.78, 5) is 28.9. The number of carbonyl (C=O) groups excluding carboxylic acids is 1. The first-order chi connectivity index (χ1) is 15.4. The zero-order valence-electron chi connectivity index (χ0n) is 18.5. The van der Waals surface area contributed by atoms with Gasteiger partial charge in [-0.2, -0.15) is 13.2 Å². The number of alkyl halides is 3. The minimum atomic E-state index is -4.44. The molecule has 0 bridgehead atoms. The van der Waals surface area contributed by atoms with Gasteiger partial charge in [-0.25, -0.2) is 15.0 Å². The summed E-state index contributed by atoms with van der Waals surface area (Å²) in [7, 11) is 0. The Bertz CT molecular complexity index is 1320. The maximum Gasteiger partial charge on any atom is 0.416 e. The highest BCUT2D eigenvalue weighted by molar-refractivity contribution is 6.04. The van der Waals surface area contributed by atoms with Gasteiger partial charge in [0.25, 0.3) is 5.91 Å². The Morgan fingerprint density at radius 1 is 1.15 bits per heavy atom. The van der Waals surface area contributed by atoms with Crippen molar-refractivity contribution >= 4 is 17.1 Å². The zero-order valence-corrected chi connectivity index (χ0v) is 18.5. The van der Waals surface area contributed by atoms with E-state index in [4.69, 9.17) is 0 Å². The van der Waals surface area contributed by atoms with Gasteiger partial charge in [0.15, 0.2) is 5.65 Å². The minimum absolute atomic E-state index is 0.0748. The number of aromatic nitrogens is 5. The number of H-pyrrole nitrogens is 1. The van der Waals surface area contributed by atoms with Gasteiger partial charge in [-0.3, -0.25) is 4.79 Å². The summed E-state index contributed by atoms with van der Waals surface area (Å²) >= 11 is 0. The molecule has 1 atom stereocenters. The van der Waals surface area contributed by atoms with E-state index >= 15 is 0 Å². The second-order valence-electron chi connectivity index (χ2n) is 8.93. The average Bonchev–Trinajstić information content (AvgIpc) is 3.39. The molecule has 4 aromatic rings. The van der Waals surface area contributed by atoms with Crippen molar-refractivity contribution in [3.8, 4) is 17.1 Å². The summed E-state index contributed by atoms with van der Waals surface area (Å²) in [6.07, 6.45) is 1.59. The fourth-order valence-electron chi connectivity index (χ4n) is 3.12. The van der Waals surface area contributed by atoms with E-state index in [1.54, 1.807) is 18.5 Å². The molecule has 2 N–H and O–H groups in total. The molecule has 33 heavy (non-hydrogen) atoms. The number of amides is 1. The predicted molar refractivity (Wildman–Crippen MR) is 118 cm³/mol. The van der Waals surface area contributed by atoms with E-state index in [2.05, 4.69) is 25.3 Å². The maximum absolute atomic E-state index is 13.0. The summed E-state index contributed by atoms with van der Waals surface area (Å²) in [6.45, 7) is 8.04. The lowest BCUT2D eigenvalue weighted by Gasteiger charge is -2.27. The van der Waals surface area contributed by atoms with Gasteiger partial charge in [0, 0.05) is 24.1 Å². The topological polar surface area (TPSA) is 88.5 Å². The molecule has 3 heterocycles. The van der Waals surface area contributed by atoms with Crippen LogP contribution < -0.4 is 5.32 Å². The number of rotatable bonds is 4. The Labute approximate surface area is 188 Å². The van der Waals surface area contributed by atoms with E-state index in [1.165, 1.54) is 23.2 Å². The molecule has 172 valence electrons. The van der Waals surface area contributed by atoms with Crippen LogP contribution in [-0.4, -0.2) is 36.5 Å². The van der Waals surface area contributed by atoms with E-state index in [-0.39, 0.29) is 17.4 Å². The molecule has 3 aromatic heterocycles. The van der Waals surface area contributed by atoms with Crippen LogP contribution in [0.2, 0.25) is 0 Å². The number of hydrogen-bond acceptors (Lipinski definition) is 4. The van der Waals surface area contributed by atoms with Crippen LogP contribution in [0.15, 0.2) is 49.2 Å². The van der Waals surface area contributed by atoms with Gasteiger partial charge in [0.2, 0.25) is 0 Å². The largest absolute Gasteiger partial charge is 0.416 e. The molecule has 1 unspecified atom stereocenters. The van der Waals surface area contributed by atoms with E-state index in [0.717, 1.165) is 12.1 Å². The van der Waals surface area contributed by atoms with Crippen LogP contribution >= 0.6 is 0 Å². The van der Waals surface area contributed by atoms with Crippen molar-refractivity contribution in [2.45, 2.75) is 39.9 Å². The normalized spacial score (nSPS) is 13.3. The van der Waals surface area contributed by atoms with Crippen molar-refractivity contribution < 1.29 is 18.0 Å². The Kier molecular flexibility index (Phi) is 5.47. The number of benzene rings is 1. The number of fused-ring (bicyclic) bond motifs is 1. The highest BCUT2D eigenvalue weighted by atomic mass is 19.4. The molecule has 0 aliphatic carbocycles. The van der Waals surface area contributed by atoms with Gasteiger partial charge in [0.05, 0.1) is 23.7 Å². The molecule has 4 rings (SSSR count). The molecule has 0 fully saturated rings. The van der Waals surface area contributed by atoms with Gasteiger partial charge >= 0.3 is 6.18 Å². The molecule has 10 heteroatoms. The van der Waals surface area contributed by atoms with Crippen molar-refractivity contribution in [3.05, 3.63) is 60.3 Å². The molecule has 0 aliphatic heterocycles. The van der Waals surface area contributed by atoms with E-state index in [9.17, 15) is 18.0 Å². The third-order valence-electron chi connectivity index (χ3n) is 5.59. The van der Waals surface area contributed by atoms with Gasteiger partial charge in [-0.1, -0.05) is 26.8 Å². The highest BCUT2D eigenvalue weighted by Crippen LogP contribution is 2.30. The van der Waals surface area contributed by atoms with Gasteiger partial charge in [-0.15, -0.1) is 0 Å². The second kappa shape index (κ2) is 8.02. The third kappa shape index (κ3) is 4.59. The molecule has 0 spiro atoms. The van der Waals surface area contributed by atoms with Crippen molar-refractivity contribution in [2.24, 2.45) is 5.41 Å². The zero-order chi connectivity index (χ0) is 24.0. The Hall–Kier alpha value is -3.69. The van der Waals surface area contributed by atoms with Gasteiger partial charge in [0.1, 0.15) is 16.9 Å². The summed E-state index contributed by atoms with van der Waals surface area (Å²) in [6, 6.07) is 4.88. The first-order valence-electron chi connectivity index (χ1n) is 10.3. The van der Waals surface area contributed by atoms with Gasteiger partial charge < -0.3 is 14.9 Å². The summed E-state index contributed by atoms with van der Waals surface area (Å²) < 4.78 is 40.6. The molecule has 0 aliphatic rings. The van der Waals surface area contributed by atoms with Gasteiger partial charge in [-0.05, 0) is 30.5 Å². The average molecular weight is 456 g/mol. The Morgan fingerprint density at radius 2 is 1.91 bits per heavy atom. The fourth-order valence-corrected chi connectivity index (χ4v) is 3.12. The molecule has 1 aromatic carbocycles. The molecular formula is C23H23F3N6O. The van der Waals surface area contributed by atoms with Crippen LogP contribution in [0.1, 0.15) is 43.6 Å². The quantitative estimate of drug-likeness (QED) is 0.453. The van der Waals surface area contributed by atoms with Crippen LogP contribution in [0.5, 0.6) is 0 Å². The minimum Gasteiger partial charge on any atom is -0.349 e. The Balaban J connectivity index is 1.65. The van der Waals surface area contributed by atoms with Crippen LogP contribution in [0.4, 0.5) is 13.2 Å². The van der Waals surface area contributed by atoms with Crippen molar-refractivity contribution in [3.63, 3.8) is 0 Å². The number of carbonyl (C=O) groups is 1. The molecule has 7 nitrogen and oxygen atoms in total. The predicted octanol–water partition coefficient (Wildman–Crippen LogP) is 4.99. The number of halogens is 3. The summed E-state index contributed by atoms with van der Waals surface area (Å²) in [5.74, 6) is -0.274. The van der Waals surface area contributed by atoms with Crippen LogP contribution in [-0.2, 0) is 6.18 Å². The van der Waals surface area contributed by atoms with E-state index < -0.39 is 11.7 Å². The first kappa shape index (κ1) is 22.5. The lowest BCUT2D eigenvalue weighted by Crippen LogP contribution is -2.41. The number of aromatic amines is 1. The monoisotopic (exact) mass is 456 g/mol. The Morgan fingerprint density at radius 3 is 2.61 bits per heavy atom. The van der Waals surface area contributed by atoms with Crippen LogP contribution in [0.25, 0.3) is 28.2 Å². The molecule has 0 saturated heterocycles. The van der Waals surface area contributed by atoms with E-state index in [1.807, 2.05) is 27.7 Å².